The Kier molecular flexibility index (Phi) is 6.95. The van der Waals surface area contributed by atoms with Gasteiger partial charge in [0, 0.05) is 6.61 Å². The molecule has 0 heterocycles. The average molecular weight is 303 g/mol. The normalized spacial score (nSPS) is 15.1. The molecule has 3 nitrogen and oxygen atoms in total. The molecule has 0 spiro atoms. The van der Waals surface area contributed by atoms with Gasteiger partial charge in [0.1, 0.15) is 0 Å². The first kappa shape index (κ1) is 19.6. The highest BCUT2D eigenvalue weighted by Gasteiger charge is 2.38. The van der Waals surface area contributed by atoms with Gasteiger partial charge in [0.25, 0.3) is 0 Å². The van der Waals surface area contributed by atoms with E-state index in [2.05, 4.69) is 47.7 Å². The Hall–Kier alpha value is -0.353. The summed E-state index contributed by atoms with van der Waals surface area (Å²) in [5, 5.41) is 0.238. The second kappa shape index (κ2) is 7.08. The molecule has 1 atom stereocenters. The number of hydrogen-bond acceptors (Lipinski definition) is 3. The van der Waals surface area contributed by atoms with E-state index in [0.29, 0.717) is 0 Å². The van der Waals surface area contributed by atoms with E-state index in [1.54, 1.807) is 0 Å². The highest BCUT2D eigenvalue weighted by molar-refractivity contribution is 6.74. The molecule has 0 aromatic rings. The maximum absolute atomic E-state index is 11.4. The minimum absolute atomic E-state index is 0.0350. The molecular formula is C16H34O3Si. The molecule has 0 N–H and O–H groups in total. The maximum atomic E-state index is 11.4. The van der Waals surface area contributed by atoms with Gasteiger partial charge in [-0.15, -0.1) is 0 Å². The van der Waals surface area contributed by atoms with E-state index < -0.39 is 8.32 Å². The number of rotatable bonds is 7. The lowest BCUT2D eigenvalue weighted by Gasteiger charge is -2.39. The summed E-state index contributed by atoms with van der Waals surface area (Å²) in [5.41, 5.74) is 0.0950. The van der Waals surface area contributed by atoms with Gasteiger partial charge in [-0.05, 0) is 36.4 Å². The van der Waals surface area contributed by atoms with Crippen LogP contribution in [-0.4, -0.2) is 28.0 Å². The van der Waals surface area contributed by atoms with Gasteiger partial charge in [-0.2, -0.15) is 0 Å². The third-order valence-corrected chi connectivity index (χ3v) is 8.97. The molecule has 0 bridgehead atoms. The fourth-order valence-electron chi connectivity index (χ4n) is 1.59. The third-order valence-electron chi connectivity index (χ3n) is 4.49. The van der Waals surface area contributed by atoms with Crippen molar-refractivity contribution in [2.45, 2.75) is 72.5 Å². The van der Waals surface area contributed by atoms with E-state index in [1.165, 1.54) is 7.11 Å². The molecule has 20 heavy (non-hydrogen) atoms. The number of esters is 1. The molecule has 0 rings (SSSR count). The summed E-state index contributed by atoms with van der Waals surface area (Å²) in [6.45, 7) is 18.4. The molecule has 0 aliphatic rings. The number of ether oxygens (including phenoxy) is 1. The standard InChI is InChI=1S/C16H34O3Si/c1-13(14(17)18-7)10-11-16(5,6)12-19-20(8,9)15(2,3)4/h13H,10-12H2,1-9H3/t13-/m0/s1. The zero-order chi connectivity index (χ0) is 16.2. The maximum Gasteiger partial charge on any atom is 0.308 e. The van der Waals surface area contributed by atoms with Gasteiger partial charge in [0.15, 0.2) is 8.32 Å². The Bertz CT molecular complexity index is 316. The van der Waals surface area contributed by atoms with Crippen LogP contribution in [0.5, 0.6) is 0 Å². The molecule has 0 saturated carbocycles. The lowest BCUT2D eigenvalue weighted by Crippen LogP contribution is -2.43. The monoisotopic (exact) mass is 302 g/mol. The van der Waals surface area contributed by atoms with E-state index >= 15 is 0 Å². The molecule has 0 aliphatic carbocycles. The molecule has 0 amide bonds. The van der Waals surface area contributed by atoms with Crippen LogP contribution in [-0.2, 0) is 14.0 Å². The Balaban J connectivity index is 4.37. The fraction of sp³-hybridized carbons (Fsp3) is 0.938. The van der Waals surface area contributed by atoms with Crippen molar-refractivity contribution in [3.05, 3.63) is 0 Å². The quantitative estimate of drug-likeness (QED) is 0.508. The number of hydrogen-bond donors (Lipinski definition) is 0. The van der Waals surface area contributed by atoms with Crippen molar-refractivity contribution in [1.82, 2.24) is 0 Å². The molecule has 0 fully saturated rings. The van der Waals surface area contributed by atoms with Crippen LogP contribution in [0.2, 0.25) is 18.1 Å². The smallest absolute Gasteiger partial charge is 0.308 e. The fourth-order valence-corrected chi connectivity index (χ4v) is 2.78. The van der Waals surface area contributed by atoms with Crippen molar-refractivity contribution in [3.63, 3.8) is 0 Å². The predicted octanol–water partition coefficient (Wildman–Crippen LogP) is 4.62. The summed E-state index contributed by atoms with van der Waals surface area (Å²) in [6.07, 6.45) is 1.82. The van der Waals surface area contributed by atoms with Crippen molar-refractivity contribution in [1.29, 1.82) is 0 Å². The SMILES string of the molecule is COC(=O)[C@@H](C)CCC(C)(C)CO[Si](C)(C)C(C)(C)C. The second-order valence-electron chi connectivity index (χ2n) is 8.18. The first-order chi connectivity index (χ1) is 8.82. The molecule has 0 radical (unpaired) electrons. The number of methoxy groups -OCH3 is 1. The van der Waals surface area contributed by atoms with Crippen molar-refractivity contribution in [2.24, 2.45) is 11.3 Å². The van der Waals surface area contributed by atoms with Gasteiger partial charge in [-0.3, -0.25) is 4.79 Å². The number of carbonyl (C=O) groups excluding carboxylic acids is 1. The Morgan fingerprint density at radius 2 is 1.65 bits per heavy atom. The molecule has 120 valence electrons. The van der Waals surface area contributed by atoms with Crippen molar-refractivity contribution in [3.8, 4) is 0 Å². The van der Waals surface area contributed by atoms with Gasteiger partial charge in [0.2, 0.25) is 0 Å². The van der Waals surface area contributed by atoms with E-state index in [4.69, 9.17) is 9.16 Å². The Morgan fingerprint density at radius 3 is 2.05 bits per heavy atom. The van der Waals surface area contributed by atoms with Crippen LogP contribution in [0.1, 0.15) is 54.4 Å². The molecule has 4 heteroatoms. The van der Waals surface area contributed by atoms with Crippen molar-refractivity contribution < 1.29 is 14.0 Å². The number of carbonyl (C=O) groups is 1. The van der Waals surface area contributed by atoms with Gasteiger partial charge < -0.3 is 9.16 Å². The lowest BCUT2D eigenvalue weighted by molar-refractivity contribution is -0.145. The van der Waals surface area contributed by atoms with E-state index in [0.717, 1.165) is 19.4 Å². The summed E-state index contributed by atoms with van der Waals surface area (Å²) in [4.78, 5) is 11.4. The minimum atomic E-state index is -1.69. The summed E-state index contributed by atoms with van der Waals surface area (Å²) >= 11 is 0. The minimum Gasteiger partial charge on any atom is -0.469 e. The summed E-state index contributed by atoms with van der Waals surface area (Å²) in [6, 6.07) is 0. The van der Waals surface area contributed by atoms with Crippen LogP contribution < -0.4 is 0 Å². The molecular weight excluding hydrogens is 268 g/mol. The first-order valence-electron chi connectivity index (χ1n) is 7.54. The summed E-state index contributed by atoms with van der Waals surface area (Å²) in [5.74, 6) is -0.154. The Labute approximate surface area is 126 Å². The van der Waals surface area contributed by atoms with Crippen molar-refractivity contribution >= 4 is 14.3 Å². The van der Waals surface area contributed by atoms with E-state index in [-0.39, 0.29) is 22.3 Å². The third kappa shape index (κ3) is 6.40. The van der Waals surface area contributed by atoms with Gasteiger partial charge in [-0.1, -0.05) is 41.5 Å². The van der Waals surface area contributed by atoms with Crippen LogP contribution in [0, 0.1) is 11.3 Å². The average Bonchev–Trinajstić information content (AvgIpc) is 2.31. The molecule has 0 saturated heterocycles. The summed E-state index contributed by atoms with van der Waals surface area (Å²) in [7, 11) is -0.242. The zero-order valence-electron chi connectivity index (χ0n) is 14.9. The largest absolute Gasteiger partial charge is 0.469 e. The van der Waals surface area contributed by atoms with Crippen LogP contribution in [0.4, 0.5) is 0 Å². The lowest BCUT2D eigenvalue weighted by atomic mass is 9.86. The first-order valence-corrected chi connectivity index (χ1v) is 10.4. The highest BCUT2D eigenvalue weighted by atomic mass is 28.4. The highest BCUT2D eigenvalue weighted by Crippen LogP contribution is 2.38. The van der Waals surface area contributed by atoms with Gasteiger partial charge in [0.05, 0.1) is 13.0 Å². The van der Waals surface area contributed by atoms with Crippen molar-refractivity contribution in [2.75, 3.05) is 13.7 Å². The van der Waals surface area contributed by atoms with Crippen LogP contribution >= 0.6 is 0 Å². The second-order valence-corrected chi connectivity index (χ2v) is 13.0. The molecule has 0 aromatic heterocycles. The molecule has 0 aromatic carbocycles. The molecule has 0 aliphatic heterocycles. The Morgan fingerprint density at radius 1 is 1.15 bits per heavy atom. The van der Waals surface area contributed by atoms with Gasteiger partial charge >= 0.3 is 5.97 Å². The predicted molar refractivity (Wildman–Crippen MR) is 87.3 cm³/mol. The van der Waals surface area contributed by atoms with Crippen LogP contribution in [0.3, 0.4) is 0 Å². The molecule has 0 unspecified atom stereocenters. The van der Waals surface area contributed by atoms with E-state index in [9.17, 15) is 4.79 Å². The van der Waals surface area contributed by atoms with Gasteiger partial charge in [-0.25, -0.2) is 0 Å². The summed E-state index contributed by atoms with van der Waals surface area (Å²) < 4.78 is 11.1. The topological polar surface area (TPSA) is 35.5 Å². The van der Waals surface area contributed by atoms with Crippen LogP contribution in [0.15, 0.2) is 0 Å². The van der Waals surface area contributed by atoms with E-state index in [1.807, 2.05) is 6.92 Å². The zero-order valence-corrected chi connectivity index (χ0v) is 15.9. The van der Waals surface area contributed by atoms with Crippen LogP contribution in [0.25, 0.3) is 0 Å².